The second-order valence-corrected chi connectivity index (χ2v) is 13.1. The van der Waals surface area contributed by atoms with Crippen LogP contribution >= 0.6 is 0 Å². The minimum atomic E-state index is -1.90. The molecule has 0 unspecified atom stereocenters. The van der Waals surface area contributed by atoms with Crippen LogP contribution in [0.15, 0.2) is 35.5 Å². The topological polar surface area (TPSA) is 364 Å². The molecule has 0 aliphatic heterocycles. The van der Waals surface area contributed by atoms with E-state index < -0.39 is 103 Å². The summed E-state index contributed by atoms with van der Waals surface area (Å²) < 4.78 is 0. The van der Waals surface area contributed by atoms with Crippen molar-refractivity contribution in [2.45, 2.75) is 89.0 Å². The first kappa shape index (κ1) is 44.9. The second-order valence-electron chi connectivity index (χ2n) is 13.1. The third kappa shape index (κ3) is 16.1. The smallest absolute Gasteiger partial charge is 0.326 e. The lowest BCUT2D eigenvalue weighted by molar-refractivity contribution is -0.147. The molecule has 0 fully saturated rings. The number of aliphatic imine (C=N–C) groups is 1. The van der Waals surface area contributed by atoms with E-state index in [4.69, 9.17) is 27.4 Å². The average molecular weight is 775 g/mol. The molecule has 5 amide bonds. The van der Waals surface area contributed by atoms with Gasteiger partial charge in [0, 0.05) is 30.1 Å². The zero-order valence-electron chi connectivity index (χ0n) is 30.5. The predicted molar refractivity (Wildman–Crippen MR) is 197 cm³/mol. The van der Waals surface area contributed by atoms with Crippen molar-refractivity contribution in [2.75, 3.05) is 13.1 Å². The molecule has 1 aromatic carbocycles. The molecule has 0 aliphatic carbocycles. The number of nitrogens with one attached hydrogen (secondary N) is 6. The molecule has 21 heteroatoms. The number of carbonyl (C=O) groups excluding carboxylic acids is 5. The number of carbonyl (C=O) groups is 8. The van der Waals surface area contributed by atoms with Crippen molar-refractivity contribution in [3.05, 3.63) is 36.0 Å². The van der Waals surface area contributed by atoms with Crippen molar-refractivity contribution in [2.24, 2.45) is 28.1 Å². The number of benzene rings is 1. The van der Waals surface area contributed by atoms with E-state index in [0.717, 1.165) is 16.5 Å². The normalized spacial score (nSPS) is 13.7. The molecule has 2 rings (SSSR count). The summed E-state index contributed by atoms with van der Waals surface area (Å²) in [4.78, 5) is 107. The lowest BCUT2D eigenvalue weighted by Crippen LogP contribution is -2.57. The van der Waals surface area contributed by atoms with Gasteiger partial charge in [-0.15, -0.1) is 0 Å². The van der Waals surface area contributed by atoms with Crippen LogP contribution in [0.5, 0.6) is 0 Å². The maximum atomic E-state index is 13.4. The molecule has 0 spiro atoms. The van der Waals surface area contributed by atoms with E-state index in [-0.39, 0.29) is 44.1 Å². The van der Waals surface area contributed by atoms with Crippen LogP contribution in [0.4, 0.5) is 0 Å². The first-order valence-corrected chi connectivity index (χ1v) is 17.4. The monoisotopic (exact) mass is 774 g/mol. The van der Waals surface area contributed by atoms with Crippen LogP contribution < -0.4 is 43.8 Å². The highest BCUT2D eigenvalue weighted by Gasteiger charge is 2.31. The lowest BCUT2D eigenvalue weighted by Gasteiger charge is -2.24. The van der Waals surface area contributed by atoms with Crippen molar-refractivity contribution in [3.8, 4) is 0 Å². The van der Waals surface area contributed by atoms with Crippen LogP contribution in [-0.4, -0.2) is 117 Å². The zero-order valence-corrected chi connectivity index (χ0v) is 30.5. The Kier molecular flexibility index (Phi) is 18.0. The molecule has 0 bridgehead atoms. The van der Waals surface area contributed by atoms with Gasteiger partial charge >= 0.3 is 17.9 Å². The summed E-state index contributed by atoms with van der Waals surface area (Å²) in [7, 11) is 0. The number of aromatic nitrogens is 1. The lowest BCUT2D eigenvalue weighted by atomic mass is 10.0. The van der Waals surface area contributed by atoms with Gasteiger partial charge in [-0.25, -0.2) is 4.79 Å². The van der Waals surface area contributed by atoms with Gasteiger partial charge < -0.3 is 64.1 Å². The Balaban J connectivity index is 2.14. The molecule has 21 nitrogen and oxygen atoms in total. The highest BCUT2D eigenvalue weighted by molar-refractivity contribution is 5.96. The summed E-state index contributed by atoms with van der Waals surface area (Å²) in [6, 6.07) is 0.467. The van der Waals surface area contributed by atoms with Gasteiger partial charge in [0.15, 0.2) is 5.96 Å². The van der Waals surface area contributed by atoms with Crippen LogP contribution in [0.3, 0.4) is 0 Å². The number of carboxylic acids is 3. The van der Waals surface area contributed by atoms with Gasteiger partial charge in [0.25, 0.3) is 0 Å². The SMILES string of the molecule is CC(C)C[C@@H](NC(=O)[C@@H](N)Cc1c[nH]c2ccccc12)C(=O)NCC(=O)N[C@@H](CCCN=C(N)N)C(=O)N[C@@H](CCC(=O)O)C(=O)N[C@@H](CC(=O)O)C(=O)O. The third-order valence-electron chi connectivity index (χ3n) is 8.08. The molecule has 15 N–H and O–H groups in total. The fraction of sp³-hybridized carbons (Fsp3) is 0.500. The predicted octanol–water partition coefficient (Wildman–Crippen LogP) is -2.38. The van der Waals surface area contributed by atoms with Gasteiger partial charge in [-0.05, 0) is 49.7 Å². The number of hydrogen-bond donors (Lipinski definition) is 12. The number of H-pyrrole nitrogens is 1. The van der Waals surface area contributed by atoms with E-state index in [1.54, 1.807) is 6.20 Å². The number of carboxylic acid groups (broad SMARTS) is 3. The fourth-order valence-electron chi connectivity index (χ4n) is 5.38. The molecule has 55 heavy (non-hydrogen) atoms. The number of nitrogens with two attached hydrogens (primary N) is 3. The highest BCUT2D eigenvalue weighted by Crippen LogP contribution is 2.19. The molecule has 1 heterocycles. The Morgan fingerprint density at radius 3 is 2.00 bits per heavy atom. The third-order valence-corrected chi connectivity index (χ3v) is 8.08. The first-order valence-electron chi connectivity index (χ1n) is 17.4. The molecule has 0 saturated carbocycles. The van der Waals surface area contributed by atoms with E-state index >= 15 is 0 Å². The number of rotatable bonds is 24. The number of fused-ring (bicyclic) bond motifs is 1. The standard InChI is InChI=1S/C34H50N10O11/c1-17(2)12-24(43-29(50)20(35)13-18-15-39-21-7-4-3-6-19(18)21)30(51)40-16-26(45)41-22(8-5-11-38-34(36)37)31(52)42-23(9-10-27(46)47)32(53)44-25(33(54)55)14-28(48)49/h3-4,6-7,15,17,20,22-25,39H,5,8-14,16,35H2,1-2H3,(H,40,51)(H,41,45)(H,42,52)(H,43,50)(H,44,53)(H,46,47)(H,48,49)(H,54,55)(H4,36,37,38)/t20-,22-,23-,24+,25-/m0/s1. The van der Waals surface area contributed by atoms with Gasteiger partial charge in [0.1, 0.15) is 24.2 Å². The maximum Gasteiger partial charge on any atom is 0.326 e. The number of nitrogens with zero attached hydrogens (tertiary/aromatic N) is 1. The van der Waals surface area contributed by atoms with E-state index in [1.165, 1.54) is 0 Å². The molecular formula is C34H50N10O11. The number of aromatic amines is 1. The highest BCUT2D eigenvalue weighted by atomic mass is 16.4. The Morgan fingerprint density at radius 1 is 0.782 bits per heavy atom. The summed E-state index contributed by atoms with van der Waals surface area (Å²) in [6.07, 6.45) is -0.0366. The average Bonchev–Trinajstić information content (AvgIpc) is 3.51. The summed E-state index contributed by atoms with van der Waals surface area (Å²) >= 11 is 0. The largest absolute Gasteiger partial charge is 0.481 e. The Bertz CT molecular complexity index is 1720. The van der Waals surface area contributed by atoms with Gasteiger partial charge in [-0.1, -0.05) is 32.0 Å². The molecule has 2 aromatic rings. The van der Waals surface area contributed by atoms with Gasteiger partial charge in [0.2, 0.25) is 29.5 Å². The number of para-hydroxylation sites is 1. The van der Waals surface area contributed by atoms with Gasteiger partial charge in [-0.2, -0.15) is 0 Å². The molecular weight excluding hydrogens is 724 g/mol. The molecule has 5 atom stereocenters. The Morgan fingerprint density at radius 2 is 1.40 bits per heavy atom. The van der Waals surface area contributed by atoms with Crippen LogP contribution in [-0.2, 0) is 44.8 Å². The zero-order chi connectivity index (χ0) is 41.2. The van der Waals surface area contributed by atoms with Crippen LogP contribution in [0.1, 0.15) is 57.9 Å². The van der Waals surface area contributed by atoms with Gasteiger partial charge in [0.05, 0.1) is 19.0 Å². The van der Waals surface area contributed by atoms with Crippen molar-refractivity contribution >= 4 is 64.3 Å². The number of amides is 5. The first-order chi connectivity index (χ1) is 25.9. The van der Waals surface area contributed by atoms with Crippen molar-refractivity contribution in [3.63, 3.8) is 0 Å². The van der Waals surface area contributed by atoms with Crippen LogP contribution in [0.25, 0.3) is 10.9 Å². The summed E-state index contributed by atoms with van der Waals surface area (Å²) in [5.74, 6) is -9.21. The maximum absolute atomic E-state index is 13.4. The van der Waals surface area contributed by atoms with Crippen LogP contribution in [0, 0.1) is 5.92 Å². The summed E-state index contributed by atoms with van der Waals surface area (Å²) in [6.45, 7) is 3.03. The summed E-state index contributed by atoms with van der Waals surface area (Å²) in [5, 5.41) is 40.2. The van der Waals surface area contributed by atoms with E-state index in [9.17, 15) is 43.5 Å². The van der Waals surface area contributed by atoms with Crippen molar-refractivity contribution in [1.29, 1.82) is 0 Å². The fourth-order valence-corrected chi connectivity index (χ4v) is 5.38. The number of hydrogen-bond acceptors (Lipinski definition) is 10. The Hall–Kier alpha value is -6.25. The molecule has 0 saturated heterocycles. The molecule has 0 radical (unpaired) electrons. The quantitative estimate of drug-likeness (QED) is 0.0301. The molecule has 302 valence electrons. The van der Waals surface area contributed by atoms with Crippen LogP contribution in [0.2, 0.25) is 0 Å². The molecule has 1 aromatic heterocycles. The minimum absolute atomic E-state index is 0.0240. The minimum Gasteiger partial charge on any atom is -0.481 e. The number of guanidine groups is 1. The van der Waals surface area contributed by atoms with E-state index in [1.807, 2.05) is 43.4 Å². The van der Waals surface area contributed by atoms with Gasteiger partial charge in [-0.3, -0.25) is 38.6 Å². The number of aliphatic carboxylic acids is 3. The molecule has 0 aliphatic rings. The van der Waals surface area contributed by atoms with E-state index in [0.29, 0.717) is 0 Å². The second kappa shape index (κ2) is 22.1. The van der Waals surface area contributed by atoms with Crippen molar-refractivity contribution < 1.29 is 53.7 Å². The van der Waals surface area contributed by atoms with Crippen molar-refractivity contribution in [1.82, 2.24) is 31.6 Å². The summed E-state index contributed by atoms with van der Waals surface area (Å²) in [5.41, 5.74) is 18.6. The van der Waals surface area contributed by atoms with E-state index in [2.05, 4.69) is 31.2 Å². The Labute approximate surface area is 315 Å².